The van der Waals surface area contributed by atoms with Crippen LogP contribution in [0.5, 0.6) is 0 Å². The van der Waals surface area contributed by atoms with Crippen LogP contribution in [0.25, 0.3) is 0 Å². The molecule has 0 saturated heterocycles. The van der Waals surface area contributed by atoms with Crippen LogP contribution < -0.4 is 5.09 Å². The first kappa shape index (κ1) is 7.76. The highest BCUT2D eigenvalue weighted by molar-refractivity contribution is 7.13. The van der Waals surface area contributed by atoms with Crippen molar-refractivity contribution >= 4 is 15.3 Å². The van der Waals surface area contributed by atoms with E-state index in [2.05, 4.69) is 19.7 Å². The lowest BCUT2D eigenvalue weighted by Gasteiger charge is -2.36. The van der Waals surface area contributed by atoms with E-state index in [1.54, 1.807) is 0 Å². The van der Waals surface area contributed by atoms with Gasteiger partial charge in [0.1, 0.15) is 5.54 Å². The summed E-state index contributed by atoms with van der Waals surface area (Å²) < 4.78 is 0. The maximum absolute atomic E-state index is 10.8. The summed E-state index contributed by atoms with van der Waals surface area (Å²) in [5.74, 6) is -0.575. The molecule has 5 heteroatoms. The Hall–Kier alpha value is -0.340. The maximum Gasteiger partial charge on any atom is 0.306 e. The minimum Gasteiger partial charge on any atom is -0.287 e. The van der Waals surface area contributed by atoms with E-state index in [9.17, 15) is 9.70 Å². The fourth-order valence-corrected chi connectivity index (χ4v) is 1.45. The lowest BCUT2D eigenvalue weighted by Crippen LogP contribution is -2.52. The normalized spacial score (nSPS) is 21.3. The summed E-state index contributed by atoms with van der Waals surface area (Å²) in [7, 11) is 2.25. The van der Waals surface area contributed by atoms with Gasteiger partial charge in [0.2, 0.25) is 0 Å². The highest BCUT2D eigenvalue weighted by atomic mass is 31.0. The third-order valence-corrected chi connectivity index (χ3v) is 2.53. The van der Waals surface area contributed by atoms with Crippen molar-refractivity contribution in [3.63, 3.8) is 0 Å². The van der Waals surface area contributed by atoms with Crippen LogP contribution in [0.1, 0.15) is 19.3 Å². The van der Waals surface area contributed by atoms with Gasteiger partial charge in [0.05, 0.1) is 0 Å². The van der Waals surface area contributed by atoms with Gasteiger partial charge >= 0.3 is 5.91 Å². The molecule has 1 rings (SSSR count). The number of rotatable bonds is 2. The molecular weight excluding hydrogens is 151 g/mol. The minimum absolute atomic E-state index is 0.575. The van der Waals surface area contributed by atoms with Gasteiger partial charge in [-0.05, 0) is 19.3 Å². The molecule has 0 radical (unpaired) electrons. The third-order valence-electron chi connectivity index (χ3n) is 1.98. The largest absolute Gasteiger partial charge is 0.306 e. The second-order valence-corrected chi connectivity index (χ2v) is 2.77. The Bertz CT molecular complexity index is 162. The Labute approximate surface area is 61.0 Å². The van der Waals surface area contributed by atoms with E-state index >= 15 is 0 Å². The molecule has 0 aromatic rings. The van der Waals surface area contributed by atoms with Gasteiger partial charge in [-0.2, -0.15) is 0 Å². The van der Waals surface area contributed by atoms with Gasteiger partial charge in [0.25, 0.3) is 0 Å². The van der Waals surface area contributed by atoms with Gasteiger partial charge in [-0.1, -0.05) is 9.39 Å². The highest BCUT2D eigenvalue weighted by Gasteiger charge is 2.43. The summed E-state index contributed by atoms with van der Waals surface area (Å²) >= 11 is 0. The van der Waals surface area contributed by atoms with Gasteiger partial charge in [-0.15, -0.1) is 4.91 Å². The van der Waals surface area contributed by atoms with Crippen LogP contribution in [0, 0.1) is 4.91 Å². The van der Waals surface area contributed by atoms with Crippen molar-refractivity contribution in [2.45, 2.75) is 24.8 Å². The Morgan fingerprint density at radius 1 is 1.60 bits per heavy atom. The third kappa shape index (κ3) is 0.976. The number of nitroso groups, excluding NO2 is 1. The summed E-state index contributed by atoms with van der Waals surface area (Å²) in [5.41, 5.74) is -0.633. The van der Waals surface area contributed by atoms with Gasteiger partial charge in [0, 0.05) is 5.18 Å². The minimum atomic E-state index is -0.633. The lowest BCUT2D eigenvalue weighted by molar-refractivity contribution is -0.126. The van der Waals surface area contributed by atoms with Gasteiger partial charge < -0.3 is 0 Å². The predicted molar refractivity (Wildman–Crippen MR) is 40.2 cm³/mol. The first-order valence-electron chi connectivity index (χ1n) is 3.11. The molecule has 0 aromatic heterocycles. The van der Waals surface area contributed by atoms with Crippen LogP contribution >= 0.6 is 9.39 Å². The lowest BCUT2D eigenvalue weighted by atomic mass is 9.77. The fourth-order valence-electron chi connectivity index (χ4n) is 1.04. The molecule has 56 valence electrons. The molecule has 1 unspecified atom stereocenters. The zero-order chi connectivity index (χ0) is 7.61. The molecule has 0 aliphatic heterocycles. The van der Waals surface area contributed by atoms with Crippen molar-refractivity contribution in [1.29, 1.82) is 0 Å². The molecule has 10 heavy (non-hydrogen) atoms. The van der Waals surface area contributed by atoms with Crippen LogP contribution in [0.15, 0.2) is 5.18 Å². The van der Waals surface area contributed by atoms with Crippen LogP contribution in [-0.2, 0) is 4.79 Å². The first-order chi connectivity index (χ1) is 4.75. The Kier molecular flexibility index (Phi) is 2.11. The molecule has 0 heterocycles. The Balaban J connectivity index is 2.64. The second kappa shape index (κ2) is 2.72. The van der Waals surface area contributed by atoms with Crippen molar-refractivity contribution < 1.29 is 4.79 Å². The van der Waals surface area contributed by atoms with E-state index in [1.165, 1.54) is 0 Å². The number of amides is 1. The van der Waals surface area contributed by atoms with E-state index in [1.807, 2.05) is 0 Å². The molecular formula is C5H9N2O2P. The summed E-state index contributed by atoms with van der Waals surface area (Å²) in [6, 6.07) is 0. The number of nitrogens with zero attached hydrogens (tertiary/aromatic N) is 1. The smallest absolute Gasteiger partial charge is 0.287 e. The van der Waals surface area contributed by atoms with E-state index in [4.69, 9.17) is 0 Å². The molecule has 0 bridgehead atoms. The van der Waals surface area contributed by atoms with Crippen molar-refractivity contribution in [3.8, 4) is 0 Å². The van der Waals surface area contributed by atoms with Crippen molar-refractivity contribution in [1.82, 2.24) is 5.09 Å². The molecule has 1 aliphatic rings. The van der Waals surface area contributed by atoms with Gasteiger partial charge in [-0.3, -0.25) is 9.88 Å². The maximum atomic E-state index is 10.8. The van der Waals surface area contributed by atoms with E-state index < -0.39 is 11.4 Å². The number of hydrogen-bond donors (Lipinski definition) is 1. The standard InChI is InChI=1S/C5H9N2O2P/c8-4(6-9)5(7-10)2-1-3-5/h7H,1-3,10H2. The Morgan fingerprint density at radius 2 is 2.20 bits per heavy atom. The zero-order valence-corrected chi connectivity index (χ0v) is 6.62. The molecule has 1 aliphatic carbocycles. The molecule has 4 nitrogen and oxygen atoms in total. The van der Waals surface area contributed by atoms with E-state index in [-0.39, 0.29) is 0 Å². The SMILES string of the molecule is O=NC(=O)C1(NP)CCC1. The van der Waals surface area contributed by atoms with Crippen molar-refractivity contribution in [2.24, 2.45) is 5.18 Å². The molecule has 1 saturated carbocycles. The average molecular weight is 160 g/mol. The van der Waals surface area contributed by atoms with E-state index in [0.29, 0.717) is 0 Å². The van der Waals surface area contributed by atoms with Crippen LogP contribution in [0.2, 0.25) is 0 Å². The first-order valence-corrected chi connectivity index (χ1v) is 3.68. The van der Waals surface area contributed by atoms with Crippen LogP contribution in [0.3, 0.4) is 0 Å². The zero-order valence-electron chi connectivity index (χ0n) is 5.46. The number of carbonyl (C=O) groups is 1. The van der Waals surface area contributed by atoms with Gasteiger partial charge in [0.15, 0.2) is 0 Å². The monoisotopic (exact) mass is 160 g/mol. The summed E-state index contributed by atoms with van der Waals surface area (Å²) in [6.45, 7) is 0. The quantitative estimate of drug-likeness (QED) is 0.474. The predicted octanol–water partition coefficient (Wildman–Crippen LogP) is 0.582. The highest BCUT2D eigenvalue weighted by Crippen LogP contribution is 2.33. The second-order valence-electron chi connectivity index (χ2n) is 2.48. The molecule has 0 aromatic carbocycles. The van der Waals surface area contributed by atoms with Gasteiger partial charge in [-0.25, -0.2) is 0 Å². The number of carbonyl (C=O) groups excluding carboxylic acids is 1. The number of hydrogen-bond acceptors (Lipinski definition) is 3. The van der Waals surface area contributed by atoms with Crippen LogP contribution in [0.4, 0.5) is 0 Å². The molecule has 1 N–H and O–H groups in total. The Morgan fingerprint density at radius 3 is 2.30 bits per heavy atom. The molecule has 1 atom stereocenters. The van der Waals surface area contributed by atoms with Crippen LogP contribution in [-0.4, -0.2) is 11.4 Å². The molecule has 1 fully saturated rings. The fraction of sp³-hybridized carbons (Fsp3) is 0.800. The molecule has 0 spiro atoms. The summed E-state index contributed by atoms with van der Waals surface area (Å²) in [6.07, 6.45) is 2.44. The van der Waals surface area contributed by atoms with Crippen molar-refractivity contribution in [3.05, 3.63) is 4.91 Å². The van der Waals surface area contributed by atoms with E-state index in [0.717, 1.165) is 19.3 Å². The summed E-state index contributed by atoms with van der Waals surface area (Å²) in [5, 5.41) is 5.13. The summed E-state index contributed by atoms with van der Waals surface area (Å²) in [4.78, 5) is 20.6. The average Bonchev–Trinajstić information content (AvgIpc) is 1.86. The van der Waals surface area contributed by atoms with Crippen molar-refractivity contribution in [2.75, 3.05) is 0 Å². The molecule has 1 amide bonds. The number of nitrogens with one attached hydrogen (secondary N) is 1. The topological polar surface area (TPSA) is 58.5 Å².